The lowest BCUT2D eigenvalue weighted by Crippen LogP contribution is -2.33. The third-order valence-electron chi connectivity index (χ3n) is 4.25. The van der Waals surface area contributed by atoms with Gasteiger partial charge >= 0.3 is 0 Å². The Morgan fingerprint density at radius 3 is 2.33 bits per heavy atom. The first kappa shape index (κ1) is 21.1. The van der Waals surface area contributed by atoms with Crippen LogP contribution in [0.3, 0.4) is 0 Å². The number of hydrogen-bond acceptors (Lipinski definition) is 4. The zero-order valence-electron chi connectivity index (χ0n) is 16.1. The van der Waals surface area contributed by atoms with Crippen LogP contribution in [0.5, 0.6) is 0 Å². The van der Waals surface area contributed by atoms with Crippen LogP contribution in [0.25, 0.3) is 0 Å². The van der Waals surface area contributed by atoms with Crippen LogP contribution in [0, 0.1) is 0 Å². The molecule has 1 amide bonds. The number of carbonyl (C=O) groups excluding carboxylic acids is 1. The molecule has 0 atom stereocenters. The van der Waals surface area contributed by atoms with Crippen molar-refractivity contribution in [3.05, 3.63) is 59.7 Å². The number of carbonyl (C=O) groups is 1. The molecule has 146 valence electrons. The first-order chi connectivity index (χ1) is 12.8. The maximum absolute atomic E-state index is 12.5. The van der Waals surface area contributed by atoms with Crippen LogP contribution in [0.2, 0.25) is 0 Å². The topological polar surface area (TPSA) is 75.7 Å². The highest BCUT2D eigenvalue weighted by Crippen LogP contribution is 2.20. The fraction of sp³-hybridized carbons (Fsp3) is 0.350. The monoisotopic (exact) mass is 390 g/mol. The quantitative estimate of drug-likeness (QED) is 0.748. The minimum Gasteiger partial charge on any atom is -0.377 e. The zero-order valence-corrected chi connectivity index (χ0v) is 16.9. The van der Waals surface area contributed by atoms with E-state index in [2.05, 4.69) is 5.32 Å². The number of anilines is 1. The molecule has 0 spiro atoms. The molecule has 0 fully saturated rings. The van der Waals surface area contributed by atoms with Gasteiger partial charge in [0.15, 0.2) is 0 Å². The van der Waals surface area contributed by atoms with Gasteiger partial charge in [-0.05, 0) is 51.1 Å². The number of nitrogens with zero attached hydrogens (tertiary/aromatic N) is 1. The standard InChI is InChI=1S/C20H26N2O4S/c1-5-26-14-17-8-6-7-9-19(17)21-20(23)16-10-12-18(13-11-16)27(24,25)22(4)15(2)3/h6-13,15H,5,14H2,1-4H3,(H,21,23). The molecular weight excluding hydrogens is 364 g/mol. The first-order valence-electron chi connectivity index (χ1n) is 8.82. The molecule has 0 aliphatic heterocycles. The molecule has 0 unspecified atom stereocenters. The van der Waals surface area contributed by atoms with Gasteiger partial charge in [-0.15, -0.1) is 0 Å². The summed E-state index contributed by atoms with van der Waals surface area (Å²) in [6.45, 7) is 6.51. The number of sulfonamides is 1. The van der Waals surface area contributed by atoms with Crippen molar-refractivity contribution in [3.63, 3.8) is 0 Å². The van der Waals surface area contributed by atoms with Gasteiger partial charge in [0.05, 0.1) is 11.5 Å². The maximum Gasteiger partial charge on any atom is 0.255 e. The minimum absolute atomic E-state index is 0.153. The minimum atomic E-state index is -3.57. The van der Waals surface area contributed by atoms with E-state index in [-0.39, 0.29) is 16.8 Å². The number of hydrogen-bond donors (Lipinski definition) is 1. The van der Waals surface area contributed by atoms with Gasteiger partial charge < -0.3 is 10.1 Å². The second kappa shape index (κ2) is 9.12. The van der Waals surface area contributed by atoms with E-state index in [4.69, 9.17) is 4.74 Å². The highest BCUT2D eigenvalue weighted by molar-refractivity contribution is 7.89. The average Bonchev–Trinajstić information content (AvgIpc) is 2.66. The van der Waals surface area contributed by atoms with Gasteiger partial charge in [0, 0.05) is 36.5 Å². The van der Waals surface area contributed by atoms with Crippen LogP contribution in [0.4, 0.5) is 5.69 Å². The summed E-state index contributed by atoms with van der Waals surface area (Å²) in [6, 6.07) is 13.2. The van der Waals surface area contributed by atoms with Gasteiger partial charge in [-0.2, -0.15) is 4.31 Å². The Labute approximate surface area is 161 Å². The van der Waals surface area contributed by atoms with Crippen molar-refractivity contribution in [2.75, 3.05) is 19.0 Å². The van der Waals surface area contributed by atoms with Crippen molar-refractivity contribution in [2.45, 2.75) is 38.3 Å². The summed E-state index contributed by atoms with van der Waals surface area (Å²) < 4.78 is 31.7. The highest BCUT2D eigenvalue weighted by atomic mass is 32.2. The predicted molar refractivity (Wildman–Crippen MR) is 106 cm³/mol. The second-order valence-corrected chi connectivity index (χ2v) is 8.39. The lowest BCUT2D eigenvalue weighted by Gasteiger charge is -2.21. The normalized spacial score (nSPS) is 11.8. The molecule has 27 heavy (non-hydrogen) atoms. The number of nitrogens with one attached hydrogen (secondary N) is 1. The van der Waals surface area contributed by atoms with Crippen LogP contribution >= 0.6 is 0 Å². The van der Waals surface area contributed by atoms with E-state index in [9.17, 15) is 13.2 Å². The fourth-order valence-corrected chi connectivity index (χ4v) is 3.76. The Bertz CT molecular complexity index is 877. The van der Waals surface area contributed by atoms with E-state index < -0.39 is 10.0 Å². The van der Waals surface area contributed by atoms with Crippen molar-refractivity contribution in [3.8, 4) is 0 Å². The molecule has 0 aliphatic rings. The third kappa shape index (κ3) is 5.15. The van der Waals surface area contributed by atoms with E-state index in [0.29, 0.717) is 24.5 Å². The Kier molecular flexibility index (Phi) is 7.12. The van der Waals surface area contributed by atoms with E-state index in [1.807, 2.05) is 31.2 Å². The second-order valence-electron chi connectivity index (χ2n) is 6.39. The van der Waals surface area contributed by atoms with Crippen molar-refractivity contribution in [2.24, 2.45) is 0 Å². The van der Waals surface area contributed by atoms with Gasteiger partial charge in [-0.1, -0.05) is 18.2 Å². The molecule has 2 rings (SSSR count). The van der Waals surface area contributed by atoms with Crippen molar-refractivity contribution >= 4 is 21.6 Å². The number of amides is 1. The lowest BCUT2D eigenvalue weighted by molar-refractivity contribution is 0.102. The summed E-state index contributed by atoms with van der Waals surface area (Å²) in [7, 11) is -2.03. The predicted octanol–water partition coefficient (Wildman–Crippen LogP) is 3.50. The van der Waals surface area contributed by atoms with Gasteiger partial charge in [0.1, 0.15) is 0 Å². The van der Waals surface area contributed by atoms with Crippen molar-refractivity contribution in [1.29, 1.82) is 0 Å². The summed E-state index contributed by atoms with van der Waals surface area (Å²) in [5, 5.41) is 2.86. The van der Waals surface area contributed by atoms with Crippen molar-refractivity contribution < 1.29 is 17.9 Å². The number of ether oxygens (including phenoxy) is 1. The van der Waals surface area contributed by atoms with Gasteiger partial charge in [0.2, 0.25) is 10.0 Å². The van der Waals surface area contributed by atoms with Crippen molar-refractivity contribution in [1.82, 2.24) is 4.31 Å². The molecule has 1 N–H and O–H groups in total. The molecular formula is C20H26N2O4S. The molecule has 0 bridgehead atoms. The molecule has 0 aromatic heterocycles. The molecule has 2 aromatic rings. The maximum atomic E-state index is 12.5. The number of rotatable bonds is 8. The summed E-state index contributed by atoms with van der Waals surface area (Å²) >= 11 is 0. The third-order valence-corrected chi connectivity index (χ3v) is 6.30. The van der Waals surface area contributed by atoms with Gasteiger partial charge in [0.25, 0.3) is 5.91 Å². The largest absolute Gasteiger partial charge is 0.377 e. The molecule has 7 heteroatoms. The molecule has 6 nitrogen and oxygen atoms in total. The summed E-state index contributed by atoms with van der Waals surface area (Å²) in [5.74, 6) is -0.305. The van der Waals surface area contributed by atoms with Crippen LogP contribution in [0.1, 0.15) is 36.7 Å². The SMILES string of the molecule is CCOCc1ccccc1NC(=O)c1ccc(S(=O)(=O)N(C)C(C)C)cc1. The summed E-state index contributed by atoms with van der Waals surface area (Å²) in [5.41, 5.74) is 1.94. The molecule has 0 saturated carbocycles. The number of benzene rings is 2. The van der Waals surface area contributed by atoms with Crippen LogP contribution in [-0.2, 0) is 21.4 Å². The Morgan fingerprint density at radius 1 is 1.11 bits per heavy atom. The van der Waals surface area contributed by atoms with E-state index in [1.54, 1.807) is 13.8 Å². The fourth-order valence-electron chi connectivity index (χ4n) is 2.40. The molecule has 0 heterocycles. The van der Waals surface area contributed by atoms with Crippen LogP contribution in [-0.4, -0.2) is 38.3 Å². The van der Waals surface area contributed by atoms with E-state index >= 15 is 0 Å². The Balaban J connectivity index is 2.17. The Hall–Kier alpha value is -2.22. The molecule has 0 aliphatic carbocycles. The molecule has 0 saturated heterocycles. The van der Waals surface area contributed by atoms with E-state index in [1.165, 1.54) is 35.6 Å². The van der Waals surface area contributed by atoms with E-state index in [0.717, 1.165) is 5.56 Å². The number of para-hydroxylation sites is 1. The lowest BCUT2D eigenvalue weighted by atomic mass is 10.1. The highest BCUT2D eigenvalue weighted by Gasteiger charge is 2.23. The van der Waals surface area contributed by atoms with Gasteiger partial charge in [-0.3, -0.25) is 4.79 Å². The summed E-state index contributed by atoms with van der Waals surface area (Å²) in [6.07, 6.45) is 0. The van der Waals surface area contributed by atoms with Crippen LogP contribution < -0.4 is 5.32 Å². The molecule has 0 radical (unpaired) electrons. The summed E-state index contributed by atoms with van der Waals surface area (Å²) in [4.78, 5) is 12.7. The first-order valence-corrected chi connectivity index (χ1v) is 10.3. The average molecular weight is 391 g/mol. The van der Waals surface area contributed by atoms with Gasteiger partial charge in [-0.25, -0.2) is 8.42 Å². The van der Waals surface area contributed by atoms with Crippen LogP contribution in [0.15, 0.2) is 53.4 Å². The Morgan fingerprint density at radius 2 is 1.74 bits per heavy atom. The molecule has 2 aromatic carbocycles. The smallest absolute Gasteiger partial charge is 0.255 e. The zero-order chi connectivity index (χ0) is 20.0.